The highest BCUT2D eigenvalue weighted by Gasteiger charge is 2.12. The van der Waals surface area contributed by atoms with Crippen LogP contribution < -0.4 is 14.8 Å². The van der Waals surface area contributed by atoms with Crippen LogP contribution in [-0.2, 0) is 4.74 Å². The molecule has 2 aromatic carbocycles. The normalized spacial score (nSPS) is 10.1. The molecule has 2 rings (SSSR count). The molecule has 0 aliphatic carbocycles. The molecule has 6 nitrogen and oxygen atoms in total. The Morgan fingerprint density at radius 3 is 2.27 bits per heavy atom. The van der Waals surface area contributed by atoms with Crippen LogP contribution in [-0.4, -0.2) is 32.2 Å². The highest BCUT2D eigenvalue weighted by molar-refractivity contribution is 6.04. The molecule has 0 atom stereocenters. The standard InChI is InChI=1S/C20H23NO5/c1-4-12-26-20(23)14-6-9-16(10-7-14)21-19(22)15-8-11-17(24-3)18(13-15)25-5-2/h6-11,13H,4-5,12H2,1-3H3,(H,21,22). The van der Waals surface area contributed by atoms with Crippen molar-refractivity contribution in [2.45, 2.75) is 20.3 Å². The summed E-state index contributed by atoms with van der Waals surface area (Å²) in [7, 11) is 1.55. The van der Waals surface area contributed by atoms with Crippen LogP contribution in [0.5, 0.6) is 11.5 Å². The maximum atomic E-state index is 12.4. The van der Waals surface area contributed by atoms with Gasteiger partial charge in [-0.05, 0) is 55.8 Å². The third kappa shape index (κ3) is 4.99. The molecule has 0 bridgehead atoms. The first-order chi connectivity index (χ1) is 12.6. The van der Waals surface area contributed by atoms with Gasteiger partial charge in [0.25, 0.3) is 5.91 Å². The van der Waals surface area contributed by atoms with Crippen molar-refractivity contribution in [3.05, 3.63) is 53.6 Å². The van der Waals surface area contributed by atoms with E-state index in [0.29, 0.717) is 41.5 Å². The first-order valence-electron chi connectivity index (χ1n) is 8.48. The lowest BCUT2D eigenvalue weighted by molar-refractivity contribution is 0.0505. The Labute approximate surface area is 153 Å². The minimum atomic E-state index is -0.374. The molecule has 0 spiro atoms. The van der Waals surface area contributed by atoms with Gasteiger partial charge >= 0.3 is 5.97 Å². The van der Waals surface area contributed by atoms with Crippen LogP contribution in [0.1, 0.15) is 41.0 Å². The predicted molar refractivity (Wildman–Crippen MR) is 99.1 cm³/mol. The number of rotatable bonds is 8. The number of hydrogen-bond donors (Lipinski definition) is 1. The summed E-state index contributed by atoms with van der Waals surface area (Å²) in [6.07, 6.45) is 0.769. The van der Waals surface area contributed by atoms with Crippen LogP contribution in [0.4, 0.5) is 5.69 Å². The second-order valence-electron chi connectivity index (χ2n) is 5.47. The Hall–Kier alpha value is -3.02. The number of methoxy groups -OCH3 is 1. The van der Waals surface area contributed by atoms with Gasteiger partial charge in [0.05, 0.1) is 25.9 Å². The van der Waals surface area contributed by atoms with Crippen LogP contribution in [0.3, 0.4) is 0 Å². The van der Waals surface area contributed by atoms with Crippen LogP contribution in [0, 0.1) is 0 Å². The number of amides is 1. The van der Waals surface area contributed by atoms with Gasteiger partial charge in [-0.3, -0.25) is 4.79 Å². The van der Waals surface area contributed by atoms with Gasteiger partial charge in [-0.15, -0.1) is 0 Å². The van der Waals surface area contributed by atoms with Crippen LogP contribution in [0.15, 0.2) is 42.5 Å². The third-order valence-corrected chi connectivity index (χ3v) is 3.54. The summed E-state index contributed by atoms with van der Waals surface area (Å²) in [5.41, 5.74) is 1.47. The summed E-state index contributed by atoms with van der Waals surface area (Å²) in [5, 5.41) is 2.79. The van der Waals surface area contributed by atoms with Gasteiger partial charge < -0.3 is 19.5 Å². The van der Waals surface area contributed by atoms with E-state index >= 15 is 0 Å². The van der Waals surface area contributed by atoms with E-state index in [9.17, 15) is 9.59 Å². The van der Waals surface area contributed by atoms with Gasteiger partial charge in [0, 0.05) is 11.3 Å². The zero-order chi connectivity index (χ0) is 18.9. The van der Waals surface area contributed by atoms with E-state index in [0.717, 1.165) is 6.42 Å². The molecule has 0 fully saturated rings. The first-order valence-corrected chi connectivity index (χ1v) is 8.48. The van der Waals surface area contributed by atoms with E-state index in [1.54, 1.807) is 49.6 Å². The molecule has 0 aliphatic heterocycles. The maximum Gasteiger partial charge on any atom is 0.338 e. The zero-order valence-corrected chi connectivity index (χ0v) is 15.2. The molecule has 0 radical (unpaired) electrons. The molecular formula is C20H23NO5. The second-order valence-corrected chi connectivity index (χ2v) is 5.47. The molecule has 0 unspecified atom stereocenters. The molecule has 0 aliphatic rings. The minimum Gasteiger partial charge on any atom is -0.493 e. The first kappa shape index (κ1) is 19.3. The van der Waals surface area contributed by atoms with Crippen molar-refractivity contribution in [1.29, 1.82) is 0 Å². The fourth-order valence-corrected chi connectivity index (χ4v) is 2.26. The molecule has 0 saturated carbocycles. The van der Waals surface area contributed by atoms with Gasteiger partial charge in [0.15, 0.2) is 11.5 Å². The van der Waals surface area contributed by atoms with Crippen molar-refractivity contribution < 1.29 is 23.8 Å². The Bertz CT molecular complexity index is 755. The van der Waals surface area contributed by atoms with E-state index in [2.05, 4.69) is 5.32 Å². The largest absolute Gasteiger partial charge is 0.493 e. The Kier molecular flexibility index (Phi) is 7.02. The molecule has 0 aromatic heterocycles. The summed E-state index contributed by atoms with van der Waals surface area (Å²) in [4.78, 5) is 24.2. The SMILES string of the molecule is CCCOC(=O)c1ccc(NC(=O)c2ccc(OC)c(OCC)c2)cc1. The summed E-state index contributed by atoms with van der Waals surface area (Å²) in [5.74, 6) is 0.422. The highest BCUT2D eigenvalue weighted by Crippen LogP contribution is 2.28. The number of anilines is 1. The number of esters is 1. The van der Waals surface area contributed by atoms with Crippen molar-refractivity contribution in [3.8, 4) is 11.5 Å². The fourth-order valence-electron chi connectivity index (χ4n) is 2.26. The van der Waals surface area contributed by atoms with Crippen LogP contribution >= 0.6 is 0 Å². The van der Waals surface area contributed by atoms with Crippen molar-refractivity contribution in [1.82, 2.24) is 0 Å². The topological polar surface area (TPSA) is 73.9 Å². The summed E-state index contributed by atoms with van der Waals surface area (Å²) in [6, 6.07) is 11.5. The van der Waals surface area contributed by atoms with Crippen molar-refractivity contribution in [2.24, 2.45) is 0 Å². The molecule has 1 amide bonds. The second kappa shape index (κ2) is 9.46. The molecule has 2 aromatic rings. The minimum absolute atomic E-state index is 0.282. The number of nitrogens with one attached hydrogen (secondary N) is 1. The average Bonchev–Trinajstić information content (AvgIpc) is 2.66. The van der Waals surface area contributed by atoms with Crippen LogP contribution in [0.2, 0.25) is 0 Å². The highest BCUT2D eigenvalue weighted by atomic mass is 16.5. The van der Waals surface area contributed by atoms with Gasteiger partial charge in [-0.2, -0.15) is 0 Å². The fraction of sp³-hybridized carbons (Fsp3) is 0.300. The van der Waals surface area contributed by atoms with E-state index in [1.807, 2.05) is 13.8 Å². The number of carbonyl (C=O) groups is 2. The smallest absolute Gasteiger partial charge is 0.338 e. The Balaban J connectivity index is 2.07. The molecular weight excluding hydrogens is 334 g/mol. The van der Waals surface area contributed by atoms with Gasteiger partial charge in [-0.25, -0.2) is 4.79 Å². The summed E-state index contributed by atoms with van der Waals surface area (Å²) in [6.45, 7) is 4.65. The van der Waals surface area contributed by atoms with Gasteiger partial charge in [-0.1, -0.05) is 6.92 Å². The van der Waals surface area contributed by atoms with Crippen molar-refractivity contribution in [3.63, 3.8) is 0 Å². The van der Waals surface area contributed by atoms with Crippen molar-refractivity contribution >= 4 is 17.6 Å². The van der Waals surface area contributed by atoms with Gasteiger partial charge in [0.2, 0.25) is 0 Å². The summed E-state index contributed by atoms with van der Waals surface area (Å²) >= 11 is 0. The molecule has 6 heteroatoms. The monoisotopic (exact) mass is 357 g/mol. The molecule has 0 heterocycles. The lowest BCUT2D eigenvalue weighted by Crippen LogP contribution is -2.12. The maximum absolute atomic E-state index is 12.4. The summed E-state index contributed by atoms with van der Waals surface area (Å²) < 4.78 is 15.8. The molecule has 26 heavy (non-hydrogen) atoms. The molecule has 0 saturated heterocycles. The molecule has 138 valence electrons. The third-order valence-electron chi connectivity index (χ3n) is 3.54. The predicted octanol–water partition coefficient (Wildman–Crippen LogP) is 3.91. The van der Waals surface area contributed by atoms with Gasteiger partial charge in [0.1, 0.15) is 0 Å². The molecule has 1 N–H and O–H groups in total. The lowest BCUT2D eigenvalue weighted by Gasteiger charge is -2.11. The lowest BCUT2D eigenvalue weighted by atomic mass is 10.1. The zero-order valence-electron chi connectivity index (χ0n) is 15.2. The average molecular weight is 357 g/mol. The number of hydrogen-bond acceptors (Lipinski definition) is 5. The van der Waals surface area contributed by atoms with E-state index in [4.69, 9.17) is 14.2 Å². The number of ether oxygens (including phenoxy) is 3. The van der Waals surface area contributed by atoms with E-state index in [-0.39, 0.29) is 11.9 Å². The quantitative estimate of drug-likeness (QED) is 0.725. The number of benzene rings is 2. The van der Waals surface area contributed by atoms with Crippen molar-refractivity contribution in [2.75, 3.05) is 25.6 Å². The van der Waals surface area contributed by atoms with Crippen LogP contribution in [0.25, 0.3) is 0 Å². The number of carbonyl (C=O) groups excluding carboxylic acids is 2. The Morgan fingerprint density at radius 1 is 0.962 bits per heavy atom. The van der Waals surface area contributed by atoms with E-state index in [1.165, 1.54) is 0 Å². The van der Waals surface area contributed by atoms with E-state index < -0.39 is 0 Å². The Morgan fingerprint density at radius 2 is 1.65 bits per heavy atom.